The zero-order valence-corrected chi connectivity index (χ0v) is 10.5. The van der Waals surface area contributed by atoms with Gasteiger partial charge in [-0.25, -0.2) is 0 Å². The molecule has 7 nitrogen and oxygen atoms in total. The van der Waals surface area contributed by atoms with Crippen LogP contribution in [-0.2, 0) is 15.9 Å². The van der Waals surface area contributed by atoms with Crippen LogP contribution in [0.25, 0.3) is 0 Å². The van der Waals surface area contributed by atoms with Crippen LogP contribution in [0.4, 0.5) is 11.5 Å². The molecule has 1 N–H and O–H groups in total. The van der Waals surface area contributed by atoms with E-state index in [4.69, 9.17) is 9.47 Å². The zero-order valence-electron chi connectivity index (χ0n) is 10.5. The molecule has 1 heterocycles. The van der Waals surface area contributed by atoms with Crippen molar-refractivity contribution in [3.63, 3.8) is 0 Å². The molecule has 100 valence electrons. The van der Waals surface area contributed by atoms with Crippen LogP contribution in [0.5, 0.6) is 0 Å². The minimum Gasteiger partial charge on any atom is -0.385 e. The molecule has 0 aliphatic heterocycles. The van der Waals surface area contributed by atoms with Crippen molar-refractivity contribution in [2.24, 2.45) is 0 Å². The fourth-order valence-corrected chi connectivity index (χ4v) is 1.42. The third-order valence-corrected chi connectivity index (χ3v) is 2.33. The molecule has 1 aromatic heterocycles. The standard InChI is InChI=1S/C11H17N3O4/c1-12-9-3-4-11(14(15)16)13-10(9)5-6-18-8-7-17-2/h3-4,12H,5-8H2,1-2H3. The summed E-state index contributed by atoms with van der Waals surface area (Å²) in [6, 6.07) is 3.02. The minimum absolute atomic E-state index is 0.152. The monoisotopic (exact) mass is 255 g/mol. The van der Waals surface area contributed by atoms with Crippen LogP contribution < -0.4 is 5.32 Å². The molecule has 0 unspecified atom stereocenters. The zero-order chi connectivity index (χ0) is 13.4. The quantitative estimate of drug-likeness (QED) is 0.427. The van der Waals surface area contributed by atoms with E-state index in [-0.39, 0.29) is 5.82 Å². The number of rotatable bonds is 8. The molecule has 0 saturated carbocycles. The molecule has 1 aromatic rings. The maximum atomic E-state index is 10.6. The van der Waals surface area contributed by atoms with Crippen LogP contribution in [0.3, 0.4) is 0 Å². The van der Waals surface area contributed by atoms with Gasteiger partial charge in [0.1, 0.15) is 0 Å². The Hall–Kier alpha value is -1.73. The summed E-state index contributed by atoms with van der Waals surface area (Å²) >= 11 is 0. The number of anilines is 1. The second kappa shape index (κ2) is 7.57. The van der Waals surface area contributed by atoms with Crippen LogP contribution in [0.15, 0.2) is 12.1 Å². The highest BCUT2D eigenvalue weighted by Gasteiger charge is 2.14. The van der Waals surface area contributed by atoms with Crippen LogP contribution in [-0.4, -0.2) is 43.9 Å². The highest BCUT2D eigenvalue weighted by atomic mass is 16.6. The Bertz CT molecular complexity index is 398. The van der Waals surface area contributed by atoms with Gasteiger partial charge in [0.15, 0.2) is 5.69 Å². The first-order valence-electron chi connectivity index (χ1n) is 5.57. The first kappa shape index (κ1) is 14.3. The normalized spacial score (nSPS) is 10.3. The third kappa shape index (κ3) is 4.27. The Morgan fingerprint density at radius 2 is 2.17 bits per heavy atom. The number of nitro groups is 1. The SMILES string of the molecule is CNc1ccc([N+](=O)[O-])nc1CCOCCOC. The van der Waals surface area contributed by atoms with Crippen LogP contribution in [0.2, 0.25) is 0 Å². The molecule has 0 aliphatic carbocycles. The number of nitrogens with one attached hydrogen (secondary N) is 1. The van der Waals surface area contributed by atoms with Crippen LogP contribution in [0.1, 0.15) is 5.69 Å². The fourth-order valence-electron chi connectivity index (χ4n) is 1.42. The van der Waals surface area contributed by atoms with Crippen molar-refractivity contribution in [1.29, 1.82) is 0 Å². The Morgan fingerprint density at radius 1 is 1.39 bits per heavy atom. The number of aromatic nitrogens is 1. The number of hydrogen-bond acceptors (Lipinski definition) is 6. The first-order valence-corrected chi connectivity index (χ1v) is 5.57. The van der Waals surface area contributed by atoms with Gasteiger partial charge in [0.2, 0.25) is 0 Å². The highest BCUT2D eigenvalue weighted by Crippen LogP contribution is 2.17. The topological polar surface area (TPSA) is 86.5 Å². The molecule has 0 atom stereocenters. The predicted molar refractivity (Wildman–Crippen MR) is 66.8 cm³/mol. The molecule has 0 aromatic carbocycles. The molecule has 7 heteroatoms. The molecule has 0 fully saturated rings. The lowest BCUT2D eigenvalue weighted by molar-refractivity contribution is -0.389. The average Bonchev–Trinajstić information content (AvgIpc) is 2.38. The summed E-state index contributed by atoms with van der Waals surface area (Å²) in [4.78, 5) is 14.1. The smallest absolute Gasteiger partial charge is 0.363 e. The van der Waals surface area contributed by atoms with E-state index in [0.717, 1.165) is 5.69 Å². The Labute approximate surface area is 105 Å². The van der Waals surface area contributed by atoms with Gasteiger partial charge in [-0.3, -0.25) is 0 Å². The van der Waals surface area contributed by atoms with Crippen molar-refractivity contribution in [3.05, 3.63) is 27.9 Å². The van der Waals surface area contributed by atoms with Gasteiger partial charge in [-0.1, -0.05) is 0 Å². The van der Waals surface area contributed by atoms with Crippen molar-refractivity contribution < 1.29 is 14.4 Å². The third-order valence-electron chi connectivity index (χ3n) is 2.33. The number of ether oxygens (including phenoxy) is 2. The van der Waals surface area contributed by atoms with Crippen LogP contribution in [0, 0.1) is 10.1 Å². The van der Waals surface area contributed by atoms with Gasteiger partial charge in [-0.05, 0) is 16.0 Å². The number of methoxy groups -OCH3 is 1. The van der Waals surface area contributed by atoms with E-state index in [9.17, 15) is 10.1 Å². The number of hydrogen-bond donors (Lipinski definition) is 1. The maximum Gasteiger partial charge on any atom is 0.363 e. The molecule has 0 bridgehead atoms. The second-order valence-electron chi connectivity index (χ2n) is 3.53. The lowest BCUT2D eigenvalue weighted by Gasteiger charge is -2.05. The lowest BCUT2D eigenvalue weighted by Crippen LogP contribution is -2.08. The van der Waals surface area contributed by atoms with Gasteiger partial charge in [-0.2, -0.15) is 0 Å². The van der Waals surface area contributed by atoms with E-state index in [2.05, 4.69) is 10.3 Å². The van der Waals surface area contributed by atoms with Crippen molar-refractivity contribution >= 4 is 11.5 Å². The van der Waals surface area contributed by atoms with Gasteiger partial charge < -0.3 is 24.9 Å². The van der Waals surface area contributed by atoms with Crippen molar-refractivity contribution in [2.45, 2.75) is 6.42 Å². The molecule has 18 heavy (non-hydrogen) atoms. The summed E-state index contributed by atoms with van der Waals surface area (Å²) in [7, 11) is 3.35. The van der Waals surface area contributed by atoms with E-state index in [0.29, 0.717) is 31.9 Å². The Kier molecular flexibility index (Phi) is 6.03. The van der Waals surface area contributed by atoms with E-state index in [1.165, 1.54) is 6.07 Å². The summed E-state index contributed by atoms with van der Waals surface area (Å²) in [5, 5.41) is 13.6. The van der Waals surface area contributed by atoms with Crippen molar-refractivity contribution in [3.8, 4) is 0 Å². The summed E-state index contributed by atoms with van der Waals surface area (Å²) in [6.07, 6.45) is 0.515. The van der Waals surface area contributed by atoms with Crippen molar-refractivity contribution in [2.75, 3.05) is 39.3 Å². The number of pyridine rings is 1. The molecule has 0 amide bonds. The van der Waals surface area contributed by atoms with Gasteiger partial charge in [0.25, 0.3) is 0 Å². The molecular formula is C11H17N3O4. The average molecular weight is 255 g/mol. The summed E-state index contributed by atoms with van der Waals surface area (Å²) in [5.74, 6) is -0.152. The van der Waals surface area contributed by atoms with E-state index in [1.54, 1.807) is 20.2 Å². The molecule has 1 rings (SSSR count). The second-order valence-corrected chi connectivity index (χ2v) is 3.53. The fraction of sp³-hybridized carbons (Fsp3) is 0.545. The molecule has 0 spiro atoms. The van der Waals surface area contributed by atoms with Crippen LogP contribution >= 0.6 is 0 Å². The first-order chi connectivity index (χ1) is 8.69. The Morgan fingerprint density at radius 3 is 2.78 bits per heavy atom. The molecule has 0 aliphatic rings. The molecule has 0 radical (unpaired) electrons. The largest absolute Gasteiger partial charge is 0.385 e. The summed E-state index contributed by atoms with van der Waals surface area (Å²) in [5.41, 5.74) is 1.40. The van der Waals surface area contributed by atoms with Gasteiger partial charge >= 0.3 is 5.82 Å². The molecular weight excluding hydrogens is 238 g/mol. The van der Waals surface area contributed by atoms with Crippen molar-refractivity contribution in [1.82, 2.24) is 4.98 Å². The maximum absolute atomic E-state index is 10.6. The molecule has 0 saturated heterocycles. The van der Waals surface area contributed by atoms with Gasteiger partial charge in [0, 0.05) is 26.6 Å². The Balaban J connectivity index is 2.61. The predicted octanol–water partition coefficient (Wildman–Crippen LogP) is 1.24. The lowest BCUT2D eigenvalue weighted by atomic mass is 10.2. The van der Waals surface area contributed by atoms with Gasteiger partial charge in [0.05, 0.1) is 25.5 Å². The summed E-state index contributed by atoms with van der Waals surface area (Å²) < 4.78 is 10.2. The van der Waals surface area contributed by atoms with Gasteiger partial charge in [-0.15, -0.1) is 0 Å². The van der Waals surface area contributed by atoms with E-state index in [1.807, 2.05) is 0 Å². The summed E-state index contributed by atoms with van der Waals surface area (Å²) in [6.45, 7) is 1.48. The highest BCUT2D eigenvalue weighted by molar-refractivity contribution is 5.50. The number of nitrogens with zero attached hydrogens (tertiary/aromatic N) is 2. The van der Waals surface area contributed by atoms with E-state index >= 15 is 0 Å². The minimum atomic E-state index is -0.505. The van der Waals surface area contributed by atoms with E-state index < -0.39 is 4.92 Å².